The van der Waals surface area contributed by atoms with E-state index in [2.05, 4.69) is 10.3 Å². The molecule has 1 heterocycles. The standard InChI is InChI=1S/C19H16F3N3O2S/c1-3-25-18(27)11-6-4-5-7-13(11)24-19(25)28-10(2)17(26)23-14-9-8-12(20)15(21)16(14)22/h4-10H,3H2,1-2H3,(H,23,26)/t10-/m0/s1. The van der Waals surface area contributed by atoms with Crippen LogP contribution in [0.3, 0.4) is 0 Å². The van der Waals surface area contributed by atoms with Crippen LogP contribution < -0.4 is 10.9 Å². The van der Waals surface area contributed by atoms with Crippen molar-refractivity contribution in [3.63, 3.8) is 0 Å². The molecule has 146 valence electrons. The van der Waals surface area contributed by atoms with Gasteiger partial charge in [-0.25, -0.2) is 18.2 Å². The molecule has 0 saturated carbocycles. The van der Waals surface area contributed by atoms with E-state index in [1.807, 2.05) is 0 Å². The van der Waals surface area contributed by atoms with Gasteiger partial charge in [0, 0.05) is 6.54 Å². The largest absolute Gasteiger partial charge is 0.323 e. The molecule has 0 fully saturated rings. The number of para-hydroxylation sites is 1. The number of anilines is 1. The molecule has 0 spiro atoms. The summed E-state index contributed by atoms with van der Waals surface area (Å²) >= 11 is 1.01. The maximum Gasteiger partial charge on any atom is 0.262 e. The van der Waals surface area contributed by atoms with Crippen molar-refractivity contribution in [1.29, 1.82) is 0 Å². The molecule has 5 nitrogen and oxygen atoms in total. The fraction of sp³-hybridized carbons (Fsp3) is 0.211. The van der Waals surface area contributed by atoms with E-state index >= 15 is 0 Å². The second-order valence-electron chi connectivity index (χ2n) is 5.93. The van der Waals surface area contributed by atoms with Crippen LogP contribution in [0.2, 0.25) is 0 Å². The Labute approximate surface area is 162 Å². The zero-order chi connectivity index (χ0) is 20.4. The van der Waals surface area contributed by atoms with E-state index in [-0.39, 0.29) is 5.56 Å². The van der Waals surface area contributed by atoms with Crippen molar-refractivity contribution < 1.29 is 18.0 Å². The van der Waals surface area contributed by atoms with Crippen LogP contribution in [0, 0.1) is 17.5 Å². The Morgan fingerprint density at radius 1 is 1.18 bits per heavy atom. The van der Waals surface area contributed by atoms with E-state index in [0.717, 1.165) is 23.9 Å². The quantitative estimate of drug-likeness (QED) is 0.395. The van der Waals surface area contributed by atoms with Gasteiger partial charge in [0.05, 0.1) is 21.8 Å². The molecule has 0 aliphatic carbocycles. The van der Waals surface area contributed by atoms with Gasteiger partial charge in [0.15, 0.2) is 22.6 Å². The van der Waals surface area contributed by atoms with Crippen LogP contribution >= 0.6 is 11.8 Å². The molecule has 1 atom stereocenters. The van der Waals surface area contributed by atoms with Crippen LogP contribution in [-0.2, 0) is 11.3 Å². The number of rotatable bonds is 5. The predicted molar refractivity (Wildman–Crippen MR) is 102 cm³/mol. The van der Waals surface area contributed by atoms with Gasteiger partial charge in [0.2, 0.25) is 5.91 Å². The highest BCUT2D eigenvalue weighted by Gasteiger charge is 2.21. The third-order valence-corrected chi connectivity index (χ3v) is 5.18. The summed E-state index contributed by atoms with van der Waals surface area (Å²) in [7, 11) is 0. The number of thioether (sulfide) groups is 1. The number of nitrogens with one attached hydrogen (secondary N) is 1. The smallest absolute Gasteiger partial charge is 0.262 e. The van der Waals surface area contributed by atoms with Crippen LogP contribution in [-0.4, -0.2) is 20.7 Å². The number of aromatic nitrogens is 2. The second kappa shape index (κ2) is 8.05. The Morgan fingerprint density at radius 2 is 1.89 bits per heavy atom. The number of fused-ring (bicyclic) bond motifs is 1. The average Bonchev–Trinajstić information content (AvgIpc) is 2.68. The van der Waals surface area contributed by atoms with E-state index in [4.69, 9.17) is 0 Å². The Balaban J connectivity index is 1.86. The minimum atomic E-state index is -1.66. The summed E-state index contributed by atoms with van der Waals surface area (Å²) in [6.07, 6.45) is 0. The number of nitrogens with zero attached hydrogens (tertiary/aromatic N) is 2. The number of hydrogen-bond donors (Lipinski definition) is 1. The fourth-order valence-electron chi connectivity index (χ4n) is 2.58. The molecule has 1 aromatic heterocycles. The first-order chi connectivity index (χ1) is 13.3. The molecule has 0 bridgehead atoms. The van der Waals surface area contributed by atoms with Gasteiger partial charge in [0.25, 0.3) is 5.56 Å². The van der Waals surface area contributed by atoms with Crippen molar-refractivity contribution >= 4 is 34.3 Å². The summed E-state index contributed by atoms with van der Waals surface area (Å²) < 4.78 is 41.6. The van der Waals surface area contributed by atoms with Crippen LogP contribution in [0.4, 0.5) is 18.9 Å². The third-order valence-electron chi connectivity index (χ3n) is 4.09. The highest BCUT2D eigenvalue weighted by Crippen LogP contribution is 2.25. The van der Waals surface area contributed by atoms with Crippen molar-refractivity contribution in [3.8, 4) is 0 Å². The molecule has 0 radical (unpaired) electrons. The van der Waals surface area contributed by atoms with E-state index in [1.165, 1.54) is 4.57 Å². The lowest BCUT2D eigenvalue weighted by Crippen LogP contribution is -2.27. The topological polar surface area (TPSA) is 64.0 Å². The number of amides is 1. The second-order valence-corrected chi connectivity index (χ2v) is 7.24. The first kappa shape index (κ1) is 19.9. The van der Waals surface area contributed by atoms with Crippen LogP contribution in [0.1, 0.15) is 13.8 Å². The van der Waals surface area contributed by atoms with Crippen LogP contribution in [0.15, 0.2) is 46.3 Å². The number of benzene rings is 2. The Morgan fingerprint density at radius 3 is 2.61 bits per heavy atom. The summed E-state index contributed by atoms with van der Waals surface area (Å²) in [6.45, 7) is 3.67. The molecule has 1 N–H and O–H groups in total. The van der Waals surface area contributed by atoms with Crippen molar-refractivity contribution in [1.82, 2.24) is 9.55 Å². The molecule has 0 aliphatic rings. The lowest BCUT2D eigenvalue weighted by Gasteiger charge is -2.15. The normalized spacial score (nSPS) is 12.2. The van der Waals surface area contributed by atoms with Crippen molar-refractivity contribution in [2.75, 3.05) is 5.32 Å². The molecular weight excluding hydrogens is 391 g/mol. The fourth-order valence-corrected chi connectivity index (χ4v) is 3.56. The summed E-state index contributed by atoms with van der Waals surface area (Å²) in [4.78, 5) is 29.4. The molecule has 0 unspecified atom stereocenters. The number of halogens is 3. The molecule has 3 aromatic rings. The minimum Gasteiger partial charge on any atom is -0.323 e. The molecular formula is C19H16F3N3O2S. The third kappa shape index (κ3) is 3.75. The SMILES string of the molecule is CCn1c(S[C@@H](C)C(=O)Nc2ccc(F)c(F)c2F)nc2ccccc2c1=O. The number of hydrogen-bond acceptors (Lipinski definition) is 4. The van der Waals surface area contributed by atoms with Gasteiger partial charge in [-0.3, -0.25) is 14.2 Å². The van der Waals surface area contributed by atoms with Gasteiger partial charge in [-0.05, 0) is 38.1 Å². The van der Waals surface area contributed by atoms with E-state index in [0.29, 0.717) is 22.6 Å². The summed E-state index contributed by atoms with van der Waals surface area (Å²) in [6, 6.07) is 8.53. The maximum absolute atomic E-state index is 13.8. The number of carbonyl (C=O) groups is 1. The zero-order valence-corrected chi connectivity index (χ0v) is 15.8. The van der Waals surface area contributed by atoms with Gasteiger partial charge in [-0.2, -0.15) is 0 Å². The maximum atomic E-state index is 13.8. The van der Waals surface area contributed by atoms with Crippen molar-refractivity contribution in [3.05, 3.63) is 64.2 Å². The molecule has 2 aromatic carbocycles. The zero-order valence-electron chi connectivity index (χ0n) is 15.0. The van der Waals surface area contributed by atoms with Crippen molar-refractivity contribution in [2.45, 2.75) is 30.8 Å². The van der Waals surface area contributed by atoms with Gasteiger partial charge < -0.3 is 5.32 Å². The lowest BCUT2D eigenvalue weighted by molar-refractivity contribution is -0.115. The minimum absolute atomic E-state index is 0.227. The Hall–Kier alpha value is -2.81. The Kier molecular flexibility index (Phi) is 5.73. The van der Waals surface area contributed by atoms with Gasteiger partial charge in [-0.15, -0.1) is 0 Å². The first-order valence-corrected chi connectivity index (χ1v) is 9.32. The van der Waals surface area contributed by atoms with E-state index in [9.17, 15) is 22.8 Å². The molecule has 0 saturated heterocycles. The van der Waals surface area contributed by atoms with Gasteiger partial charge in [0.1, 0.15) is 0 Å². The Bertz CT molecular complexity index is 1120. The molecule has 1 amide bonds. The molecule has 3 rings (SSSR count). The van der Waals surface area contributed by atoms with Crippen LogP contribution in [0.25, 0.3) is 10.9 Å². The highest BCUT2D eigenvalue weighted by atomic mass is 32.2. The van der Waals surface area contributed by atoms with Gasteiger partial charge >= 0.3 is 0 Å². The predicted octanol–water partition coefficient (Wildman–Crippen LogP) is 3.95. The lowest BCUT2D eigenvalue weighted by atomic mass is 10.2. The summed E-state index contributed by atoms with van der Waals surface area (Å²) in [5.74, 6) is -5.11. The van der Waals surface area contributed by atoms with Crippen LogP contribution in [0.5, 0.6) is 0 Å². The average molecular weight is 407 g/mol. The van der Waals surface area contributed by atoms with Gasteiger partial charge in [-0.1, -0.05) is 23.9 Å². The monoisotopic (exact) mass is 407 g/mol. The number of carbonyl (C=O) groups excluding carboxylic acids is 1. The first-order valence-electron chi connectivity index (χ1n) is 8.44. The van der Waals surface area contributed by atoms with E-state index in [1.54, 1.807) is 38.1 Å². The molecule has 0 aliphatic heterocycles. The summed E-state index contributed by atoms with van der Waals surface area (Å²) in [5.41, 5.74) is -0.190. The van der Waals surface area contributed by atoms with E-state index < -0.39 is 34.3 Å². The van der Waals surface area contributed by atoms with Crippen molar-refractivity contribution in [2.24, 2.45) is 0 Å². The molecule has 28 heavy (non-hydrogen) atoms. The molecule has 9 heteroatoms. The highest BCUT2D eigenvalue weighted by molar-refractivity contribution is 8.00. The summed E-state index contributed by atoms with van der Waals surface area (Å²) in [5, 5.41) is 2.25.